The Morgan fingerprint density at radius 2 is 2.15 bits per heavy atom. The molecule has 1 rings (SSSR count). The van der Waals surface area contributed by atoms with Gasteiger partial charge >= 0.3 is 5.97 Å². The first kappa shape index (κ1) is 10.2. The van der Waals surface area contributed by atoms with Crippen LogP contribution in [0.3, 0.4) is 0 Å². The van der Waals surface area contributed by atoms with E-state index in [2.05, 4.69) is 0 Å². The highest BCUT2D eigenvalue weighted by Gasteiger charge is 2.22. The maximum Gasteiger partial charge on any atom is 0.327 e. The lowest BCUT2D eigenvalue weighted by molar-refractivity contribution is -0.131. The second-order valence-electron chi connectivity index (χ2n) is 3.21. The van der Waals surface area contributed by atoms with E-state index in [1.54, 1.807) is 0 Å². The maximum absolute atomic E-state index is 11.1. The first-order valence-electron chi connectivity index (χ1n) is 4.11. The van der Waals surface area contributed by atoms with Gasteiger partial charge < -0.3 is 5.11 Å². The smallest absolute Gasteiger partial charge is 0.327 e. The van der Waals surface area contributed by atoms with Gasteiger partial charge in [0.15, 0.2) is 9.84 Å². The highest BCUT2D eigenvalue weighted by atomic mass is 32.2. The lowest BCUT2D eigenvalue weighted by Crippen LogP contribution is -2.23. The summed E-state index contributed by atoms with van der Waals surface area (Å²) in [4.78, 5) is 10.2. The summed E-state index contributed by atoms with van der Waals surface area (Å²) >= 11 is 0. The molecule has 4 nitrogen and oxygen atoms in total. The molecule has 1 N–H and O–H groups in total. The van der Waals surface area contributed by atoms with Gasteiger partial charge in [-0.3, -0.25) is 0 Å². The first-order valence-corrected chi connectivity index (χ1v) is 5.93. The zero-order valence-electron chi connectivity index (χ0n) is 7.14. The molecule has 1 fully saturated rings. The summed E-state index contributed by atoms with van der Waals surface area (Å²) in [5, 5.41) is 8.34. The average Bonchev–Trinajstić information content (AvgIpc) is 1.99. The van der Waals surface area contributed by atoms with Crippen molar-refractivity contribution in [1.29, 1.82) is 0 Å². The second-order valence-corrected chi connectivity index (χ2v) is 5.44. The molecule has 0 spiro atoms. The van der Waals surface area contributed by atoms with E-state index in [0.29, 0.717) is 6.42 Å². The van der Waals surface area contributed by atoms with Crippen LogP contribution >= 0.6 is 0 Å². The normalized spacial score (nSPS) is 27.5. The van der Waals surface area contributed by atoms with Crippen molar-refractivity contribution < 1.29 is 18.3 Å². The van der Waals surface area contributed by atoms with Gasteiger partial charge in [-0.25, -0.2) is 13.2 Å². The highest BCUT2D eigenvalue weighted by Crippen LogP contribution is 2.19. The molecule has 1 aliphatic rings. The molecular weight excluding hydrogens is 192 g/mol. The maximum atomic E-state index is 11.1. The van der Waals surface area contributed by atoms with Gasteiger partial charge in [-0.15, -0.1) is 0 Å². The van der Waals surface area contributed by atoms with Crippen molar-refractivity contribution in [3.05, 3.63) is 12.2 Å². The molecule has 0 aromatic heterocycles. The van der Waals surface area contributed by atoms with Gasteiger partial charge in [0.05, 0.1) is 11.5 Å². The van der Waals surface area contributed by atoms with Crippen molar-refractivity contribution in [2.45, 2.75) is 12.8 Å². The van der Waals surface area contributed by atoms with Crippen molar-refractivity contribution in [2.24, 2.45) is 5.92 Å². The Balaban J connectivity index is 2.58. The van der Waals surface area contributed by atoms with Crippen LogP contribution in [-0.2, 0) is 14.6 Å². The van der Waals surface area contributed by atoms with Crippen LogP contribution in [0.5, 0.6) is 0 Å². The number of hydrogen-bond donors (Lipinski definition) is 1. The van der Waals surface area contributed by atoms with Crippen LogP contribution in [0, 0.1) is 5.92 Å². The number of carbonyl (C=O) groups is 1. The predicted molar refractivity (Wildman–Crippen MR) is 48.2 cm³/mol. The van der Waals surface area contributed by atoms with Crippen molar-refractivity contribution in [3.8, 4) is 0 Å². The van der Waals surface area contributed by atoms with Crippen molar-refractivity contribution in [3.63, 3.8) is 0 Å². The molecule has 0 radical (unpaired) electrons. The minimum Gasteiger partial charge on any atom is -0.478 e. The fraction of sp³-hybridized carbons (Fsp3) is 0.625. The quantitative estimate of drug-likeness (QED) is 0.663. The molecular formula is C8H12O4S. The number of aliphatic carboxylic acids is 1. The third kappa shape index (κ3) is 3.59. The zero-order chi connectivity index (χ0) is 9.90. The topological polar surface area (TPSA) is 71.4 Å². The largest absolute Gasteiger partial charge is 0.478 e. The van der Waals surface area contributed by atoms with E-state index >= 15 is 0 Å². The summed E-state index contributed by atoms with van der Waals surface area (Å²) in [6.45, 7) is 0. The number of carboxylic acid groups (broad SMARTS) is 1. The Kier molecular flexibility index (Phi) is 3.08. The van der Waals surface area contributed by atoms with Crippen molar-refractivity contribution >= 4 is 15.8 Å². The van der Waals surface area contributed by atoms with Crippen LogP contribution in [0.1, 0.15) is 12.8 Å². The fourth-order valence-corrected chi connectivity index (χ4v) is 3.13. The number of carboxylic acids is 1. The van der Waals surface area contributed by atoms with Crippen LogP contribution in [0.25, 0.3) is 0 Å². The van der Waals surface area contributed by atoms with E-state index in [4.69, 9.17) is 5.11 Å². The zero-order valence-corrected chi connectivity index (χ0v) is 7.96. The number of hydrogen-bond acceptors (Lipinski definition) is 3. The van der Waals surface area contributed by atoms with Crippen LogP contribution in [0.4, 0.5) is 0 Å². The third-order valence-electron chi connectivity index (χ3n) is 2.01. The SMILES string of the molecule is O=C(O)/C=C\C1CCCS(=O)(=O)C1. The van der Waals surface area contributed by atoms with Crippen LogP contribution in [0.15, 0.2) is 12.2 Å². The van der Waals surface area contributed by atoms with Gasteiger partial charge in [-0.05, 0) is 18.8 Å². The lowest BCUT2D eigenvalue weighted by atomic mass is 10.1. The van der Waals surface area contributed by atoms with E-state index in [1.807, 2.05) is 0 Å². The molecule has 0 bridgehead atoms. The third-order valence-corrected chi connectivity index (χ3v) is 3.86. The molecule has 0 aliphatic carbocycles. The van der Waals surface area contributed by atoms with Crippen LogP contribution in [-0.4, -0.2) is 31.0 Å². The summed E-state index contributed by atoms with van der Waals surface area (Å²) < 4.78 is 22.2. The molecule has 1 aliphatic heterocycles. The highest BCUT2D eigenvalue weighted by molar-refractivity contribution is 7.91. The fourth-order valence-electron chi connectivity index (χ4n) is 1.43. The molecule has 0 aromatic rings. The number of rotatable bonds is 2. The molecule has 1 heterocycles. The van der Waals surface area contributed by atoms with Gasteiger partial charge in [-0.2, -0.15) is 0 Å². The van der Waals surface area contributed by atoms with E-state index in [0.717, 1.165) is 12.5 Å². The van der Waals surface area contributed by atoms with Gasteiger partial charge in [-0.1, -0.05) is 6.08 Å². The molecule has 1 saturated heterocycles. The molecule has 5 heteroatoms. The Labute approximate surface area is 77.2 Å². The van der Waals surface area contributed by atoms with Gasteiger partial charge in [0.2, 0.25) is 0 Å². The summed E-state index contributed by atoms with van der Waals surface area (Å²) in [5.74, 6) is -0.806. The molecule has 0 amide bonds. The minimum absolute atomic E-state index is 0.0940. The molecule has 1 atom stereocenters. The summed E-state index contributed by atoms with van der Waals surface area (Å²) in [5.41, 5.74) is 0. The summed E-state index contributed by atoms with van der Waals surface area (Å²) in [7, 11) is -2.92. The Morgan fingerprint density at radius 3 is 2.69 bits per heavy atom. The van der Waals surface area contributed by atoms with E-state index < -0.39 is 15.8 Å². The van der Waals surface area contributed by atoms with Crippen molar-refractivity contribution in [1.82, 2.24) is 0 Å². The molecule has 0 aromatic carbocycles. The van der Waals surface area contributed by atoms with E-state index in [-0.39, 0.29) is 17.4 Å². The van der Waals surface area contributed by atoms with Crippen LogP contribution < -0.4 is 0 Å². The monoisotopic (exact) mass is 204 g/mol. The Morgan fingerprint density at radius 1 is 1.46 bits per heavy atom. The summed E-state index contributed by atoms with van der Waals surface area (Å²) in [6, 6.07) is 0. The van der Waals surface area contributed by atoms with Gasteiger partial charge in [0.1, 0.15) is 0 Å². The van der Waals surface area contributed by atoms with E-state index in [1.165, 1.54) is 6.08 Å². The standard InChI is InChI=1S/C8H12O4S/c9-8(10)4-3-7-2-1-5-13(11,12)6-7/h3-4,7H,1-2,5-6H2,(H,9,10)/b4-3-. The predicted octanol–water partition coefficient (Wildman–Crippen LogP) is 0.452. The minimum atomic E-state index is -2.92. The number of sulfone groups is 1. The average molecular weight is 204 g/mol. The van der Waals surface area contributed by atoms with Crippen LogP contribution in [0.2, 0.25) is 0 Å². The van der Waals surface area contributed by atoms with E-state index in [9.17, 15) is 13.2 Å². The molecule has 13 heavy (non-hydrogen) atoms. The van der Waals surface area contributed by atoms with Gasteiger partial charge in [0.25, 0.3) is 0 Å². The molecule has 0 saturated carbocycles. The first-order chi connectivity index (χ1) is 5.99. The Hall–Kier alpha value is -0.840. The Bertz CT molecular complexity index is 315. The summed E-state index contributed by atoms with van der Waals surface area (Å²) in [6.07, 6.45) is 3.89. The lowest BCUT2D eigenvalue weighted by Gasteiger charge is -2.18. The van der Waals surface area contributed by atoms with Gasteiger partial charge in [0, 0.05) is 6.08 Å². The molecule has 1 unspecified atom stereocenters. The van der Waals surface area contributed by atoms with Crippen molar-refractivity contribution in [2.75, 3.05) is 11.5 Å². The second kappa shape index (κ2) is 3.91. The number of allylic oxidation sites excluding steroid dienone is 1. The molecule has 74 valence electrons.